The molecule has 3 aromatic carbocycles. The molecule has 4 rings (SSSR count). The zero-order chi connectivity index (χ0) is 22.0. The zero-order valence-corrected chi connectivity index (χ0v) is 18.6. The van der Waals surface area contributed by atoms with Crippen molar-refractivity contribution in [1.82, 2.24) is 9.21 Å². The number of fused-ring (bicyclic) bond motifs is 1. The predicted octanol–water partition coefficient (Wildman–Crippen LogP) is 4.01. The van der Waals surface area contributed by atoms with Crippen molar-refractivity contribution in [2.75, 3.05) is 13.6 Å². The Balaban J connectivity index is 1.43. The normalized spacial score (nSPS) is 13.8. The molecule has 0 aliphatic carbocycles. The van der Waals surface area contributed by atoms with Gasteiger partial charge in [0.05, 0.1) is 4.90 Å². The summed E-state index contributed by atoms with van der Waals surface area (Å²) in [7, 11) is -2.00. The van der Waals surface area contributed by atoms with Gasteiger partial charge in [-0.15, -0.1) is 0 Å². The SMILES string of the molecule is Cc1ccc(S(=O)(=O)N(C)Cc2ccc(C(=O)N3CCc4ccccc4C3)cc2)cc1. The Morgan fingerprint density at radius 2 is 1.58 bits per heavy atom. The maximum Gasteiger partial charge on any atom is 0.254 e. The summed E-state index contributed by atoms with van der Waals surface area (Å²) in [5.41, 5.74) is 4.96. The van der Waals surface area contributed by atoms with E-state index < -0.39 is 10.0 Å². The van der Waals surface area contributed by atoms with Gasteiger partial charge >= 0.3 is 0 Å². The number of amides is 1. The van der Waals surface area contributed by atoms with Crippen molar-refractivity contribution < 1.29 is 13.2 Å². The van der Waals surface area contributed by atoms with E-state index in [2.05, 4.69) is 12.1 Å². The monoisotopic (exact) mass is 434 g/mol. The summed E-state index contributed by atoms with van der Waals surface area (Å²) in [5.74, 6) is 0.00156. The second-order valence-corrected chi connectivity index (χ2v) is 10.1. The molecule has 0 spiro atoms. The molecule has 1 aliphatic heterocycles. The highest BCUT2D eigenvalue weighted by Crippen LogP contribution is 2.21. The van der Waals surface area contributed by atoms with Crippen LogP contribution < -0.4 is 0 Å². The van der Waals surface area contributed by atoms with E-state index in [4.69, 9.17) is 0 Å². The van der Waals surface area contributed by atoms with Crippen LogP contribution in [0.2, 0.25) is 0 Å². The Morgan fingerprint density at radius 3 is 2.26 bits per heavy atom. The Labute approximate surface area is 184 Å². The van der Waals surface area contributed by atoms with Gasteiger partial charge in [0, 0.05) is 32.2 Å². The largest absolute Gasteiger partial charge is 0.334 e. The Bertz CT molecular complexity index is 1190. The van der Waals surface area contributed by atoms with Gasteiger partial charge in [-0.1, -0.05) is 54.1 Å². The fourth-order valence-corrected chi connectivity index (χ4v) is 5.00. The standard InChI is InChI=1S/C25H26N2O3S/c1-19-7-13-24(14-8-19)31(29,30)26(2)17-20-9-11-22(12-10-20)25(28)27-16-15-21-5-3-4-6-23(21)18-27/h3-14H,15-18H2,1-2H3. The van der Waals surface area contributed by atoms with Crippen LogP contribution in [0.5, 0.6) is 0 Å². The maximum absolute atomic E-state index is 12.9. The van der Waals surface area contributed by atoms with Gasteiger partial charge in [0.2, 0.25) is 10.0 Å². The summed E-state index contributed by atoms with van der Waals surface area (Å²) in [5, 5.41) is 0. The third-order valence-corrected chi connectivity index (χ3v) is 7.57. The lowest BCUT2D eigenvalue weighted by Gasteiger charge is -2.29. The fraction of sp³-hybridized carbons (Fsp3) is 0.240. The second-order valence-electron chi connectivity index (χ2n) is 8.02. The predicted molar refractivity (Wildman–Crippen MR) is 121 cm³/mol. The van der Waals surface area contributed by atoms with Crippen molar-refractivity contribution in [2.24, 2.45) is 0 Å². The van der Waals surface area contributed by atoms with Crippen LogP contribution in [0, 0.1) is 6.92 Å². The number of sulfonamides is 1. The lowest BCUT2D eigenvalue weighted by atomic mass is 9.99. The van der Waals surface area contributed by atoms with E-state index in [0.717, 1.165) is 17.5 Å². The molecule has 0 saturated carbocycles. The first-order valence-corrected chi connectivity index (χ1v) is 11.8. The molecule has 3 aromatic rings. The molecule has 0 bridgehead atoms. The van der Waals surface area contributed by atoms with Crippen molar-refractivity contribution in [3.05, 3.63) is 101 Å². The highest BCUT2D eigenvalue weighted by molar-refractivity contribution is 7.89. The van der Waals surface area contributed by atoms with Crippen molar-refractivity contribution >= 4 is 15.9 Å². The molecular weight excluding hydrogens is 408 g/mol. The average molecular weight is 435 g/mol. The lowest BCUT2D eigenvalue weighted by Crippen LogP contribution is -2.35. The molecule has 1 aliphatic rings. The molecule has 31 heavy (non-hydrogen) atoms. The number of benzene rings is 3. The molecule has 5 nitrogen and oxygen atoms in total. The zero-order valence-electron chi connectivity index (χ0n) is 17.8. The van der Waals surface area contributed by atoms with E-state index in [1.54, 1.807) is 43.4 Å². The number of hydrogen-bond acceptors (Lipinski definition) is 3. The van der Waals surface area contributed by atoms with Crippen molar-refractivity contribution in [2.45, 2.75) is 31.3 Å². The van der Waals surface area contributed by atoms with Gasteiger partial charge in [-0.3, -0.25) is 4.79 Å². The van der Waals surface area contributed by atoms with Gasteiger partial charge in [-0.05, 0) is 54.3 Å². The summed E-state index contributed by atoms with van der Waals surface area (Å²) in [6.07, 6.45) is 0.863. The molecule has 6 heteroatoms. The number of nitrogens with zero attached hydrogens (tertiary/aromatic N) is 2. The van der Waals surface area contributed by atoms with Gasteiger partial charge < -0.3 is 4.90 Å². The first kappa shape index (κ1) is 21.3. The van der Waals surface area contributed by atoms with Gasteiger partial charge in [0.1, 0.15) is 0 Å². The molecule has 1 heterocycles. The van der Waals surface area contributed by atoms with Crippen molar-refractivity contribution in [1.29, 1.82) is 0 Å². The molecule has 0 fully saturated rings. The van der Waals surface area contributed by atoms with Crippen LogP contribution in [0.15, 0.2) is 77.7 Å². The highest BCUT2D eigenvalue weighted by Gasteiger charge is 2.23. The van der Waals surface area contributed by atoms with Crippen LogP contribution in [0.4, 0.5) is 0 Å². The minimum Gasteiger partial charge on any atom is -0.334 e. The number of carbonyl (C=O) groups is 1. The van der Waals surface area contributed by atoms with Crippen LogP contribution >= 0.6 is 0 Å². The Morgan fingerprint density at radius 1 is 0.935 bits per heavy atom. The van der Waals surface area contributed by atoms with Gasteiger partial charge in [-0.2, -0.15) is 4.31 Å². The van der Waals surface area contributed by atoms with E-state index in [1.165, 1.54) is 15.4 Å². The molecule has 0 radical (unpaired) electrons. The second kappa shape index (κ2) is 8.65. The molecule has 160 valence electrons. The van der Waals surface area contributed by atoms with Crippen molar-refractivity contribution in [3.8, 4) is 0 Å². The quantitative estimate of drug-likeness (QED) is 0.610. The van der Waals surface area contributed by atoms with Crippen LogP contribution in [-0.2, 0) is 29.5 Å². The van der Waals surface area contributed by atoms with Gasteiger partial charge in [0.25, 0.3) is 5.91 Å². The molecule has 0 saturated heterocycles. The average Bonchev–Trinajstić information content (AvgIpc) is 2.79. The van der Waals surface area contributed by atoms with E-state index in [1.807, 2.05) is 36.1 Å². The van der Waals surface area contributed by atoms with E-state index in [0.29, 0.717) is 18.7 Å². The first-order chi connectivity index (χ1) is 14.8. The summed E-state index contributed by atoms with van der Waals surface area (Å²) in [4.78, 5) is 15.1. The summed E-state index contributed by atoms with van der Waals surface area (Å²) < 4.78 is 26.9. The van der Waals surface area contributed by atoms with E-state index in [-0.39, 0.29) is 17.3 Å². The van der Waals surface area contributed by atoms with Gasteiger partial charge in [0.15, 0.2) is 0 Å². The van der Waals surface area contributed by atoms with Crippen LogP contribution in [-0.4, -0.2) is 37.1 Å². The topological polar surface area (TPSA) is 57.7 Å². The van der Waals surface area contributed by atoms with Crippen molar-refractivity contribution in [3.63, 3.8) is 0 Å². The minimum absolute atomic E-state index is 0.00156. The molecule has 0 N–H and O–H groups in total. The summed E-state index contributed by atoms with van der Waals surface area (Å²) in [6, 6.07) is 22.3. The highest BCUT2D eigenvalue weighted by atomic mass is 32.2. The number of aryl methyl sites for hydroxylation is 1. The molecule has 0 unspecified atom stereocenters. The molecule has 0 aromatic heterocycles. The minimum atomic E-state index is -3.57. The van der Waals surface area contributed by atoms with Crippen LogP contribution in [0.1, 0.15) is 32.6 Å². The van der Waals surface area contributed by atoms with E-state index >= 15 is 0 Å². The maximum atomic E-state index is 12.9. The number of carbonyl (C=O) groups excluding carboxylic acids is 1. The smallest absolute Gasteiger partial charge is 0.254 e. The number of rotatable bonds is 5. The van der Waals surface area contributed by atoms with Gasteiger partial charge in [-0.25, -0.2) is 8.42 Å². The summed E-state index contributed by atoms with van der Waals surface area (Å²) >= 11 is 0. The Hall–Kier alpha value is -2.96. The molecule has 0 atom stereocenters. The fourth-order valence-electron chi connectivity index (χ4n) is 3.84. The third-order valence-electron chi connectivity index (χ3n) is 5.75. The molecule has 1 amide bonds. The van der Waals surface area contributed by atoms with Crippen LogP contribution in [0.3, 0.4) is 0 Å². The third kappa shape index (κ3) is 4.55. The number of hydrogen-bond donors (Lipinski definition) is 0. The van der Waals surface area contributed by atoms with E-state index in [9.17, 15) is 13.2 Å². The Kier molecular flexibility index (Phi) is 5.94. The first-order valence-electron chi connectivity index (χ1n) is 10.3. The lowest BCUT2D eigenvalue weighted by molar-refractivity contribution is 0.0734. The van der Waals surface area contributed by atoms with Crippen LogP contribution in [0.25, 0.3) is 0 Å². The summed E-state index contributed by atoms with van der Waals surface area (Å²) in [6.45, 7) is 3.48. The molecular formula is C25H26N2O3S.